The Balaban J connectivity index is 2.11. The summed E-state index contributed by atoms with van der Waals surface area (Å²) in [7, 11) is 1.98. The van der Waals surface area contributed by atoms with Crippen molar-refractivity contribution >= 4 is 17.3 Å². The number of pyridine rings is 1. The van der Waals surface area contributed by atoms with Crippen molar-refractivity contribution in [3.05, 3.63) is 47.6 Å². The molecule has 78 valence electrons. The minimum absolute atomic E-state index is 0.499. The predicted molar refractivity (Wildman–Crippen MR) is 60.1 cm³/mol. The Morgan fingerprint density at radius 2 is 2.33 bits per heavy atom. The van der Waals surface area contributed by atoms with Crippen LogP contribution in [0.1, 0.15) is 5.76 Å². The van der Waals surface area contributed by atoms with E-state index in [0.717, 1.165) is 11.4 Å². The molecule has 0 fully saturated rings. The van der Waals surface area contributed by atoms with Crippen LogP contribution in [0.15, 0.2) is 41.1 Å². The third kappa shape index (κ3) is 2.50. The van der Waals surface area contributed by atoms with E-state index in [4.69, 9.17) is 16.0 Å². The topological polar surface area (TPSA) is 29.3 Å². The van der Waals surface area contributed by atoms with Gasteiger partial charge in [0, 0.05) is 18.9 Å². The van der Waals surface area contributed by atoms with Crippen molar-refractivity contribution in [3.63, 3.8) is 0 Å². The Morgan fingerprint density at radius 1 is 1.47 bits per heavy atom. The second-order valence-corrected chi connectivity index (χ2v) is 3.66. The van der Waals surface area contributed by atoms with Crippen molar-refractivity contribution in [3.8, 4) is 0 Å². The molecule has 0 unspecified atom stereocenters. The summed E-state index contributed by atoms with van der Waals surface area (Å²) in [5.74, 6) is 0.922. The van der Waals surface area contributed by atoms with Crippen molar-refractivity contribution in [2.45, 2.75) is 6.54 Å². The summed E-state index contributed by atoms with van der Waals surface area (Å²) >= 11 is 5.81. The molecule has 0 amide bonds. The molecule has 0 radical (unpaired) electrons. The lowest BCUT2D eigenvalue weighted by molar-refractivity contribution is 0.507. The molecular formula is C11H11ClN2O. The van der Waals surface area contributed by atoms with Crippen LogP contribution in [0.5, 0.6) is 0 Å². The second kappa shape index (κ2) is 4.36. The molecule has 0 bridgehead atoms. The second-order valence-electron chi connectivity index (χ2n) is 3.27. The average molecular weight is 223 g/mol. The van der Waals surface area contributed by atoms with Gasteiger partial charge in [-0.05, 0) is 24.3 Å². The van der Waals surface area contributed by atoms with Gasteiger partial charge in [-0.15, -0.1) is 0 Å². The molecule has 0 aliphatic carbocycles. The summed E-state index contributed by atoms with van der Waals surface area (Å²) in [5, 5.41) is 0.499. The van der Waals surface area contributed by atoms with E-state index in [0.29, 0.717) is 11.7 Å². The summed E-state index contributed by atoms with van der Waals surface area (Å²) in [6.07, 6.45) is 3.36. The highest BCUT2D eigenvalue weighted by molar-refractivity contribution is 6.29. The zero-order valence-corrected chi connectivity index (χ0v) is 9.11. The third-order valence-corrected chi connectivity index (χ3v) is 2.33. The molecule has 2 rings (SSSR count). The highest BCUT2D eigenvalue weighted by Crippen LogP contribution is 2.18. The molecule has 0 saturated carbocycles. The summed E-state index contributed by atoms with van der Waals surface area (Å²) < 4.78 is 5.27. The first-order chi connectivity index (χ1) is 7.25. The van der Waals surface area contributed by atoms with Gasteiger partial charge in [0.15, 0.2) is 0 Å². The van der Waals surface area contributed by atoms with Crippen LogP contribution in [0.25, 0.3) is 0 Å². The van der Waals surface area contributed by atoms with Crippen LogP contribution in [0.2, 0.25) is 5.15 Å². The number of nitrogens with zero attached hydrogens (tertiary/aromatic N) is 2. The molecule has 2 heterocycles. The zero-order chi connectivity index (χ0) is 10.7. The van der Waals surface area contributed by atoms with E-state index in [2.05, 4.69) is 4.98 Å². The number of aromatic nitrogens is 1. The van der Waals surface area contributed by atoms with Crippen molar-refractivity contribution in [1.29, 1.82) is 0 Å². The Hall–Kier alpha value is -1.48. The summed E-state index contributed by atoms with van der Waals surface area (Å²) in [6.45, 7) is 0.716. The van der Waals surface area contributed by atoms with Crippen molar-refractivity contribution in [2.75, 3.05) is 11.9 Å². The molecule has 3 nitrogen and oxygen atoms in total. The van der Waals surface area contributed by atoms with E-state index in [1.54, 1.807) is 12.5 Å². The molecule has 2 aromatic rings. The van der Waals surface area contributed by atoms with E-state index >= 15 is 0 Å². The molecule has 0 aromatic carbocycles. The van der Waals surface area contributed by atoms with E-state index in [1.165, 1.54) is 0 Å². The quantitative estimate of drug-likeness (QED) is 0.748. The fourth-order valence-corrected chi connectivity index (χ4v) is 1.53. The Labute approximate surface area is 93.3 Å². The molecule has 0 aliphatic rings. The molecule has 0 spiro atoms. The molecular weight excluding hydrogens is 212 g/mol. The van der Waals surface area contributed by atoms with E-state index < -0.39 is 0 Å². The van der Waals surface area contributed by atoms with Crippen LogP contribution in [-0.4, -0.2) is 12.0 Å². The number of anilines is 1. The number of furan rings is 1. The van der Waals surface area contributed by atoms with Gasteiger partial charge in [-0.2, -0.15) is 0 Å². The number of hydrogen-bond acceptors (Lipinski definition) is 3. The monoisotopic (exact) mass is 222 g/mol. The van der Waals surface area contributed by atoms with Gasteiger partial charge in [-0.3, -0.25) is 0 Å². The molecule has 4 heteroatoms. The Kier molecular flexibility index (Phi) is 2.92. The van der Waals surface area contributed by atoms with Gasteiger partial charge in [0.1, 0.15) is 10.9 Å². The summed E-state index contributed by atoms with van der Waals surface area (Å²) in [5.41, 5.74) is 1.02. The van der Waals surface area contributed by atoms with Gasteiger partial charge < -0.3 is 9.32 Å². The first-order valence-corrected chi connectivity index (χ1v) is 4.98. The maximum atomic E-state index is 5.81. The third-order valence-electron chi connectivity index (χ3n) is 2.12. The first kappa shape index (κ1) is 10.1. The van der Waals surface area contributed by atoms with Gasteiger partial charge in [0.25, 0.3) is 0 Å². The molecule has 0 atom stereocenters. The Bertz CT molecular complexity index is 428. The molecule has 2 aromatic heterocycles. The van der Waals surface area contributed by atoms with Crippen LogP contribution >= 0.6 is 11.6 Å². The molecule has 0 aliphatic heterocycles. The number of halogens is 1. The smallest absolute Gasteiger partial charge is 0.131 e. The normalized spacial score (nSPS) is 10.3. The Morgan fingerprint density at radius 3 is 3.00 bits per heavy atom. The average Bonchev–Trinajstić information content (AvgIpc) is 2.70. The maximum Gasteiger partial charge on any atom is 0.131 e. The van der Waals surface area contributed by atoms with Crippen LogP contribution in [0.4, 0.5) is 5.69 Å². The van der Waals surface area contributed by atoms with Crippen molar-refractivity contribution < 1.29 is 4.42 Å². The highest BCUT2D eigenvalue weighted by Gasteiger charge is 2.04. The fourth-order valence-electron chi connectivity index (χ4n) is 1.36. The van der Waals surface area contributed by atoms with E-state index in [9.17, 15) is 0 Å². The number of rotatable bonds is 3. The highest BCUT2D eigenvalue weighted by atomic mass is 35.5. The minimum Gasteiger partial charge on any atom is -0.467 e. The minimum atomic E-state index is 0.499. The lowest BCUT2D eigenvalue weighted by Crippen LogP contribution is -2.15. The SMILES string of the molecule is CN(Cc1ccco1)c1ccnc(Cl)c1. The molecule has 0 saturated heterocycles. The fraction of sp³-hybridized carbons (Fsp3) is 0.182. The standard InChI is InChI=1S/C11H11ClN2O/c1-14(8-10-3-2-6-15-10)9-4-5-13-11(12)7-9/h2-7H,8H2,1H3. The zero-order valence-electron chi connectivity index (χ0n) is 8.35. The maximum absolute atomic E-state index is 5.81. The van der Waals surface area contributed by atoms with Crippen molar-refractivity contribution in [2.24, 2.45) is 0 Å². The summed E-state index contributed by atoms with van der Waals surface area (Å²) in [6, 6.07) is 7.56. The molecule has 15 heavy (non-hydrogen) atoms. The van der Waals surface area contributed by atoms with E-state index in [1.807, 2.05) is 36.2 Å². The first-order valence-electron chi connectivity index (χ1n) is 4.61. The number of hydrogen-bond donors (Lipinski definition) is 0. The van der Waals surface area contributed by atoms with Crippen LogP contribution in [0.3, 0.4) is 0 Å². The lowest BCUT2D eigenvalue weighted by Gasteiger charge is -2.17. The van der Waals surface area contributed by atoms with Crippen LogP contribution in [-0.2, 0) is 6.54 Å². The van der Waals surface area contributed by atoms with Gasteiger partial charge in [0.05, 0.1) is 12.8 Å². The van der Waals surface area contributed by atoms with Crippen LogP contribution < -0.4 is 4.90 Å². The van der Waals surface area contributed by atoms with Crippen LogP contribution in [0, 0.1) is 0 Å². The van der Waals surface area contributed by atoms with Gasteiger partial charge in [0.2, 0.25) is 0 Å². The predicted octanol–water partition coefficient (Wildman–Crippen LogP) is 2.96. The van der Waals surface area contributed by atoms with Crippen molar-refractivity contribution in [1.82, 2.24) is 4.98 Å². The summed E-state index contributed by atoms with van der Waals surface area (Å²) in [4.78, 5) is 5.98. The molecule has 0 N–H and O–H groups in total. The van der Waals surface area contributed by atoms with Gasteiger partial charge in [-0.1, -0.05) is 11.6 Å². The van der Waals surface area contributed by atoms with Gasteiger partial charge >= 0.3 is 0 Å². The largest absolute Gasteiger partial charge is 0.467 e. The lowest BCUT2D eigenvalue weighted by atomic mass is 10.3. The van der Waals surface area contributed by atoms with Gasteiger partial charge in [-0.25, -0.2) is 4.98 Å². The van der Waals surface area contributed by atoms with E-state index in [-0.39, 0.29) is 0 Å².